The first-order valence-corrected chi connectivity index (χ1v) is 9.46. The van der Waals surface area contributed by atoms with E-state index in [1.54, 1.807) is 17.2 Å². The number of thioether (sulfide) groups is 1. The van der Waals surface area contributed by atoms with Crippen LogP contribution < -0.4 is 0 Å². The maximum Gasteiger partial charge on any atom is 0.233 e. The lowest BCUT2D eigenvalue weighted by molar-refractivity contribution is -0.129. The molecule has 0 saturated heterocycles. The van der Waals surface area contributed by atoms with Crippen LogP contribution in [0.15, 0.2) is 52.2 Å². The smallest absolute Gasteiger partial charge is 0.233 e. The SMILES string of the molecule is CCn1c(SCC(=O)N(CCC#N)Cc2ccco2)nc2ccccc21. The van der Waals surface area contributed by atoms with Gasteiger partial charge in [-0.2, -0.15) is 5.26 Å². The summed E-state index contributed by atoms with van der Waals surface area (Å²) in [6.45, 7) is 3.62. The molecule has 0 unspecified atom stereocenters. The van der Waals surface area contributed by atoms with E-state index in [2.05, 4.69) is 22.5 Å². The Balaban J connectivity index is 1.70. The molecule has 3 aromatic rings. The van der Waals surface area contributed by atoms with Gasteiger partial charge in [0.2, 0.25) is 5.91 Å². The number of imidazole rings is 1. The molecule has 26 heavy (non-hydrogen) atoms. The van der Waals surface area contributed by atoms with E-state index in [4.69, 9.17) is 9.68 Å². The van der Waals surface area contributed by atoms with Gasteiger partial charge in [0, 0.05) is 13.1 Å². The van der Waals surface area contributed by atoms with E-state index in [-0.39, 0.29) is 11.7 Å². The molecule has 134 valence electrons. The molecule has 0 saturated carbocycles. The van der Waals surface area contributed by atoms with Crippen molar-refractivity contribution >= 4 is 28.7 Å². The highest BCUT2D eigenvalue weighted by Crippen LogP contribution is 2.24. The van der Waals surface area contributed by atoms with Crippen LogP contribution in [0.3, 0.4) is 0 Å². The van der Waals surface area contributed by atoms with Gasteiger partial charge in [-0.05, 0) is 31.2 Å². The molecule has 0 fully saturated rings. The molecule has 3 rings (SSSR count). The Labute approximate surface area is 156 Å². The fraction of sp³-hybridized carbons (Fsp3) is 0.316. The average Bonchev–Trinajstić information content (AvgIpc) is 3.29. The molecular formula is C19H20N4O2S. The third-order valence-corrected chi connectivity index (χ3v) is 4.99. The molecular weight excluding hydrogens is 348 g/mol. The van der Waals surface area contributed by atoms with Crippen molar-refractivity contribution in [2.24, 2.45) is 0 Å². The van der Waals surface area contributed by atoms with Crippen molar-refractivity contribution < 1.29 is 9.21 Å². The minimum atomic E-state index is -0.0311. The molecule has 0 aliphatic carbocycles. The zero-order chi connectivity index (χ0) is 18.4. The van der Waals surface area contributed by atoms with Gasteiger partial charge in [0.05, 0.1) is 42.1 Å². The minimum Gasteiger partial charge on any atom is -0.467 e. The summed E-state index contributed by atoms with van der Waals surface area (Å²) in [5.74, 6) is 0.952. The van der Waals surface area contributed by atoms with Gasteiger partial charge in [-0.3, -0.25) is 4.79 Å². The number of carbonyl (C=O) groups excluding carboxylic acids is 1. The van der Waals surface area contributed by atoms with E-state index < -0.39 is 0 Å². The van der Waals surface area contributed by atoms with Gasteiger partial charge in [0.1, 0.15) is 5.76 Å². The monoisotopic (exact) mass is 368 g/mol. The molecule has 6 nitrogen and oxygen atoms in total. The maximum absolute atomic E-state index is 12.7. The van der Waals surface area contributed by atoms with Crippen molar-refractivity contribution in [2.75, 3.05) is 12.3 Å². The molecule has 0 aliphatic rings. The van der Waals surface area contributed by atoms with Crippen LogP contribution in [0.2, 0.25) is 0 Å². The van der Waals surface area contributed by atoms with Crippen LogP contribution in [0.1, 0.15) is 19.1 Å². The summed E-state index contributed by atoms with van der Waals surface area (Å²) in [5.41, 5.74) is 2.00. The second-order valence-electron chi connectivity index (χ2n) is 5.72. The summed E-state index contributed by atoms with van der Waals surface area (Å²) in [4.78, 5) is 19.0. The highest BCUT2D eigenvalue weighted by molar-refractivity contribution is 7.99. The predicted molar refractivity (Wildman–Crippen MR) is 100 cm³/mol. The van der Waals surface area contributed by atoms with Gasteiger partial charge in [0.15, 0.2) is 5.16 Å². The van der Waals surface area contributed by atoms with Crippen LogP contribution in [0.4, 0.5) is 0 Å². The van der Waals surface area contributed by atoms with Crippen molar-refractivity contribution in [3.8, 4) is 6.07 Å². The molecule has 0 aliphatic heterocycles. The lowest BCUT2D eigenvalue weighted by Gasteiger charge is -2.20. The number of aromatic nitrogens is 2. The van der Waals surface area contributed by atoms with Crippen molar-refractivity contribution in [3.63, 3.8) is 0 Å². The average molecular weight is 368 g/mol. The number of hydrogen-bond donors (Lipinski definition) is 0. The number of carbonyl (C=O) groups is 1. The molecule has 0 atom stereocenters. The number of fused-ring (bicyclic) bond motifs is 1. The van der Waals surface area contributed by atoms with E-state index >= 15 is 0 Å². The summed E-state index contributed by atoms with van der Waals surface area (Å²) >= 11 is 1.43. The number of benzene rings is 1. The first-order valence-electron chi connectivity index (χ1n) is 8.48. The fourth-order valence-corrected chi connectivity index (χ4v) is 3.74. The van der Waals surface area contributed by atoms with E-state index in [1.165, 1.54) is 11.8 Å². The predicted octanol–water partition coefficient (Wildman–Crippen LogP) is 3.68. The normalized spacial score (nSPS) is 10.8. The summed E-state index contributed by atoms with van der Waals surface area (Å²) in [6, 6.07) is 13.7. The zero-order valence-corrected chi connectivity index (χ0v) is 15.4. The lowest BCUT2D eigenvalue weighted by Crippen LogP contribution is -2.32. The Morgan fingerprint density at radius 2 is 2.19 bits per heavy atom. The summed E-state index contributed by atoms with van der Waals surface area (Å²) in [7, 11) is 0. The molecule has 2 heterocycles. The Morgan fingerprint density at radius 1 is 1.35 bits per heavy atom. The van der Waals surface area contributed by atoms with E-state index in [0.717, 1.165) is 22.7 Å². The number of rotatable bonds is 8. The second-order valence-corrected chi connectivity index (χ2v) is 6.66. The van der Waals surface area contributed by atoms with Crippen molar-refractivity contribution in [2.45, 2.75) is 31.6 Å². The van der Waals surface area contributed by atoms with Gasteiger partial charge in [0.25, 0.3) is 0 Å². The van der Waals surface area contributed by atoms with Gasteiger partial charge in [-0.1, -0.05) is 23.9 Å². The third kappa shape index (κ3) is 4.09. The Bertz CT molecular complexity index is 911. The van der Waals surface area contributed by atoms with Gasteiger partial charge in [-0.25, -0.2) is 4.98 Å². The Kier molecular flexibility index (Phi) is 5.97. The molecule has 0 bridgehead atoms. The number of nitriles is 1. The van der Waals surface area contributed by atoms with E-state index in [9.17, 15) is 4.79 Å². The topological polar surface area (TPSA) is 75.1 Å². The number of furan rings is 1. The molecule has 0 radical (unpaired) electrons. The van der Waals surface area contributed by atoms with Crippen molar-refractivity contribution in [1.82, 2.24) is 14.5 Å². The molecule has 7 heteroatoms. The van der Waals surface area contributed by atoms with Crippen LogP contribution in [-0.4, -0.2) is 32.7 Å². The van der Waals surface area contributed by atoms with E-state index in [0.29, 0.717) is 25.3 Å². The quantitative estimate of drug-likeness (QED) is 0.567. The van der Waals surface area contributed by atoms with Crippen LogP contribution in [-0.2, 0) is 17.9 Å². The molecule has 1 aromatic carbocycles. The first kappa shape index (κ1) is 18.1. The number of nitrogens with zero attached hydrogens (tertiary/aromatic N) is 4. The van der Waals surface area contributed by atoms with Crippen molar-refractivity contribution in [3.05, 3.63) is 48.4 Å². The molecule has 1 amide bonds. The summed E-state index contributed by atoms with van der Waals surface area (Å²) in [5, 5.41) is 9.68. The minimum absolute atomic E-state index is 0.0311. The highest BCUT2D eigenvalue weighted by Gasteiger charge is 2.17. The first-order chi connectivity index (χ1) is 12.7. The number of hydrogen-bond acceptors (Lipinski definition) is 5. The highest BCUT2D eigenvalue weighted by atomic mass is 32.2. The number of para-hydroxylation sites is 2. The van der Waals surface area contributed by atoms with Gasteiger partial charge >= 0.3 is 0 Å². The maximum atomic E-state index is 12.7. The number of aryl methyl sites for hydroxylation is 1. The van der Waals surface area contributed by atoms with Crippen LogP contribution in [0.25, 0.3) is 11.0 Å². The third-order valence-electron chi connectivity index (χ3n) is 4.03. The van der Waals surface area contributed by atoms with Crippen molar-refractivity contribution in [1.29, 1.82) is 5.26 Å². The largest absolute Gasteiger partial charge is 0.467 e. The van der Waals surface area contributed by atoms with Gasteiger partial charge in [-0.15, -0.1) is 0 Å². The Morgan fingerprint density at radius 3 is 2.92 bits per heavy atom. The van der Waals surface area contributed by atoms with Crippen LogP contribution in [0, 0.1) is 11.3 Å². The van der Waals surface area contributed by atoms with Crippen LogP contribution in [0.5, 0.6) is 0 Å². The van der Waals surface area contributed by atoms with E-state index in [1.807, 2.05) is 30.3 Å². The molecule has 2 aromatic heterocycles. The number of amides is 1. The van der Waals surface area contributed by atoms with Crippen LogP contribution >= 0.6 is 11.8 Å². The molecule has 0 spiro atoms. The molecule has 0 N–H and O–H groups in total. The zero-order valence-electron chi connectivity index (χ0n) is 14.6. The van der Waals surface area contributed by atoms with Gasteiger partial charge < -0.3 is 13.9 Å². The Hall–Kier alpha value is -2.72. The summed E-state index contributed by atoms with van der Waals surface area (Å²) < 4.78 is 7.44. The second kappa shape index (κ2) is 8.59. The standard InChI is InChI=1S/C19H20N4O2S/c1-2-23-17-9-4-3-8-16(17)21-19(23)26-14-18(24)22(11-6-10-20)13-15-7-5-12-25-15/h3-5,7-9,12H,2,6,11,13-14H2,1H3. The fourth-order valence-electron chi connectivity index (χ4n) is 2.75. The summed E-state index contributed by atoms with van der Waals surface area (Å²) in [6.07, 6.45) is 1.88. The lowest BCUT2D eigenvalue weighted by atomic mass is 10.3.